The fraction of sp³-hybridized carbons (Fsp3) is 0.438. The molecule has 1 aromatic carbocycles. The van der Waals surface area contributed by atoms with E-state index in [1.54, 1.807) is 12.1 Å². The molecule has 7 heteroatoms. The van der Waals surface area contributed by atoms with E-state index in [2.05, 4.69) is 10.4 Å². The minimum atomic E-state index is -4.44. The van der Waals surface area contributed by atoms with Crippen LogP contribution in [0.15, 0.2) is 36.5 Å². The lowest BCUT2D eigenvalue weighted by molar-refractivity contribution is -0.141. The maximum absolute atomic E-state index is 12.5. The van der Waals surface area contributed by atoms with Gasteiger partial charge in [-0.2, -0.15) is 18.3 Å². The van der Waals surface area contributed by atoms with Crippen molar-refractivity contribution in [3.63, 3.8) is 0 Å². The summed E-state index contributed by atoms with van der Waals surface area (Å²) in [6.45, 7) is 4.70. The van der Waals surface area contributed by atoms with Crippen molar-refractivity contribution >= 4 is 0 Å². The van der Waals surface area contributed by atoms with Crippen molar-refractivity contribution in [1.82, 2.24) is 15.1 Å². The van der Waals surface area contributed by atoms with E-state index in [1.807, 2.05) is 26.0 Å². The normalized spacial score (nSPS) is 14.7. The summed E-state index contributed by atoms with van der Waals surface area (Å²) in [5.74, 6) is 0.152. The van der Waals surface area contributed by atoms with E-state index in [0.717, 1.165) is 11.6 Å². The summed E-state index contributed by atoms with van der Waals surface area (Å²) in [6.07, 6.45) is -3.14. The van der Waals surface area contributed by atoms with Crippen LogP contribution in [0.5, 0.6) is 0 Å². The Morgan fingerprint density at radius 3 is 2.35 bits per heavy atom. The molecule has 4 nitrogen and oxygen atoms in total. The number of aliphatic hydroxyl groups excluding tert-OH is 1. The van der Waals surface area contributed by atoms with Gasteiger partial charge in [0.25, 0.3) is 0 Å². The van der Waals surface area contributed by atoms with Gasteiger partial charge in [-0.1, -0.05) is 19.1 Å². The van der Waals surface area contributed by atoms with Gasteiger partial charge < -0.3 is 10.4 Å². The van der Waals surface area contributed by atoms with E-state index in [9.17, 15) is 13.2 Å². The van der Waals surface area contributed by atoms with Gasteiger partial charge in [0, 0.05) is 25.4 Å². The molecule has 1 aromatic heterocycles. The Labute approximate surface area is 132 Å². The van der Waals surface area contributed by atoms with Crippen molar-refractivity contribution in [3.8, 4) is 5.69 Å². The summed E-state index contributed by atoms with van der Waals surface area (Å²) in [7, 11) is 0. The molecule has 2 unspecified atom stereocenters. The number of alkyl halides is 3. The van der Waals surface area contributed by atoms with Gasteiger partial charge in [-0.3, -0.25) is 0 Å². The average molecular weight is 327 g/mol. The number of benzene rings is 1. The minimum Gasteiger partial charge on any atom is -0.396 e. The average Bonchev–Trinajstić information content (AvgIpc) is 3.02. The zero-order chi connectivity index (χ0) is 17.0. The zero-order valence-electron chi connectivity index (χ0n) is 13.0. The molecule has 0 radical (unpaired) electrons. The van der Waals surface area contributed by atoms with Crippen LogP contribution in [0.3, 0.4) is 0 Å². The Morgan fingerprint density at radius 2 is 1.83 bits per heavy atom. The number of hydrogen-bond donors (Lipinski definition) is 2. The van der Waals surface area contributed by atoms with Gasteiger partial charge in [-0.25, -0.2) is 4.68 Å². The third kappa shape index (κ3) is 4.56. The highest BCUT2D eigenvalue weighted by Gasteiger charge is 2.33. The first-order chi connectivity index (χ1) is 10.8. The van der Waals surface area contributed by atoms with Crippen molar-refractivity contribution in [2.24, 2.45) is 5.92 Å². The molecule has 23 heavy (non-hydrogen) atoms. The van der Waals surface area contributed by atoms with Crippen LogP contribution in [0.2, 0.25) is 0 Å². The number of hydrogen-bond acceptors (Lipinski definition) is 3. The predicted molar refractivity (Wildman–Crippen MR) is 81.1 cm³/mol. The lowest BCUT2D eigenvalue weighted by Crippen LogP contribution is -2.33. The van der Waals surface area contributed by atoms with Crippen LogP contribution >= 0.6 is 0 Å². The topological polar surface area (TPSA) is 50.1 Å². The summed E-state index contributed by atoms with van der Waals surface area (Å²) in [5, 5.41) is 15.9. The van der Waals surface area contributed by atoms with Gasteiger partial charge in [-0.15, -0.1) is 0 Å². The number of nitrogens with one attached hydrogen (secondary N) is 1. The number of halogens is 3. The van der Waals surface area contributed by atoms with E-state index in [1.165, 1.54) is 10.9 Å². The molecule has 0 aliphatic heterocycles. The van der Waals surface area contributed by atoms with E-state index < -0.39 is 11.9 Å². The minimum absolute atomic E-state index is 0.119. The molecule has 0 saturated carbocycles. The van der Waals surface area contributed by atoms with Gasteiger partial charge >= 0.3 is 6.18 Å². The van der Waals surface area contributed by atoms with Crippen LogP contribution in [-0.2, 0) is 12.7 Å². The fourth-order valence-electron chi connectivity index (χ4n) is 2.02. The highest BCUT2D eigenvalue weighted by molar-refractivity contribution is 5.34. The summed E-state index contributed by atoms with van der Waals surface area (Å²) in [6, 6.07) is 8.25. The molecule has 2 N–H and O–H groups in total. The van der Waals surface area contributed by atoms with E-state index in [0.29, 0.717) is 12.2 Å². The summed E-state index contributed by atoms with van der Waals surface area (Å²) < 4.78 is 38.9. The van der Waals surface area contributed by atoms with Gasteiger partial charge in [0.1, 0.15) is 0 Å². The zero-order valence-corrected chi connectivity index (χ0v) is 13.0. The Hall–Kier alpha value is -1.86. The molecule has 0 bridgehead atoms. The van der Waals surface area contributed by atoms with Gasteiger partial charge in [-0.05, 0) is 36.6 Å². The lowest BCUT2D eigenvalue weighted by Gasteiger charge is -2.19. The first kappa shape index (κ1) is 17.5. The second-order valence-corrected chi connectivity index (χ2v) is 5.64. The fourth-order valence-corrected chi connectivity index (χ4v) is 2.02. The third-order valence-corrected chi connectivity index (χ3v) is 3.85. The standard InChI is InChI=1S/C16H20F3N3O/c1-11(10-23)12(2)20-9-13-3-5-14(6-4-13)22-8-7-15(21-22)16(17,18)19/h3-8,11-12,20,23H,9-10H2,1-2H3. The predicted octanol–water partition coefficient (Wildman–Crippen LogP) is 3.00. The molecule has 0 fully saturated rings. The van der Waals surface area contributed by atoms with Crippen molar-refractivity contribution in [1.29, 1.82) is 0 Å². The molecular formula is C16H20F3N3O. The van der Waals surface area contributed by atoms with E-state index >= 15 is 0 Å². The van der Waals surface area contributed by atoms with Crippen LogP contribution in [0.25, 0.3) is 5.69 Å². The highest BCUT2D eigenvalue weighted by Crippen LogP contribution is 2.27. The molecule has 2 aromatic rings. The van der Waals surface area contributed by atoms with E-state index in [-0.39, 0.29) is 18.6 Å². The van der Waals surface area contributed by atoms with Gasteiger partial charge in [0.05, 0.1) is 5.69 Å². The van der Waals surface area contributed by atoms with Gasteiger partial charge in [0.2, 0.25) is 0 Å². The molecule has 0 saturated heterocycles. The number of nitrogens with zero attached hydrogens (tertiary/aromatic N) is 2. The molecular weight excluding hydrogens is 307 g/mol. The Balaban J connectivity index is 2.01. The van der Waals surface area contributed by atoms with Crippen molar-refractivity contribution in [3.05, 3.63) is 47.8 Å². The maximum atomic E-state index is 12.5. The number of aromatic nitrogens is 2. The summed E-state index contributed by atoms with van der Waals surface area (Å²) in [5.41, 5.74) is 0.671. The number of rotatable bonds is 6. The van der Waals surface area contributed by atoms with Crippen molar-refractivity contribution in [2.45, 2.75) is 32.6 Å². The van der Waals surface area contributed by atoms with E-state index in [4.69, 9.17) is 5.11 Å². The summed E-state index contributed by atoms with van der Waals surface area (Å²) >= 11 is 0. The first-order valence-electron chi connectivity index (χ1n) is 7.37. The molecule has 0 spiro atoms. The number of aliphatic hydroxyl groups is 1. The SMILES string of the molecule is CC(CO)C(C)NCc1ccc(-n2ccc(C(F)(F)F)n2)cc1. The monoisotopic (exact) mass is 327 g/mol. The van der Waals surface area contributed by atoms with Crippen molar-refractivity contribution < 1.29 is 18.3 Å². The van der Waals surface area contributed by atoms with Crippen LogP contribution < -0.4 is 5.32 Å². The molecule has 2 atom stereocenters. The van der Waals surface area contributed by atoms with Crippen LogP contribution in [0.1, 0.15) is 25.1 Å². The quantitative estimate of drug-likeness (QED) is 0.857. The van der Waals surface area contributed by atoms with Crippen LogP contribution in [-0.4, -0.2) is 27.5 Å². The third-order valence-electron chi connectivity index (χ3n) is 3.85. The largest absolute Gasteiger partial charge is 0.435 e. The molecule has 0 aliphatic rings. The molecule has 0 aliphatic carbocycles. The van der Waals surface area contributed by atoms with Crippen molar-refractivity contribution in [2.75, 3.05) is 6.61 Å². The molecule has 0 amide bonds. The Bertz CT molecular complexity index is 622. The van der Waals surface area contributed by atoms with Crippen LogP contribution in [0, 0.1) is 5.92 Å². The van der Waals surface area contributed by atoms with Gasteiger partial charge in [0.15, 0.2) is 5.69 Å². The molecule has 2 rings (SSSR count). The highest BCUT2D eigenvalue weighted by atomic mass is 19.4. The smallest absolute Gasteiger partial charge is 0.396 e. The maximum Gasteiger partial charge on any atom is 0.435 e. The second kappa shape index (κ2) is 7.14. The van der Waals surface area contributed by atoms with Crippen LogP contribution in [0.4, 0.5) is 13.2 Å². The first-order valence-corrected chi connectivity index (χ1v) is 7.37. The lowest BCUT2D eigenvalue weighted by atomic mass is 10.0. The second-order valence-electron chi connectivity index (χ2n) is 5.64. The molecule has 1 heterocycles. The Kier molecular flexibility index (Phi) is 5.43. The summed E-state index contributed by atoms with van der Waals surface area (Å²) in [4.78, 5) is 0. The molecule has 126 valence electrons. The Morgan fingerprint density at radius 1 is 1.17 bits per heavy atom.